The molecule has 0 fully saturated rings. The first-order valence-electron chi connectivity index (χ1n) is 14.7. The number of methoxy groups -OCH3 is 1. The first-order valence-corrected chi connectivity index (χ1v) is 15.6. The molecule has 0 aliphatic carbocycles. The van der Waals surface area contributed by atoms with Gasteiger partial charge in [-0.15, -0.1) is 11.3 Å². The lowest BCUT2D eigenvalue weighted by molar-refractivity contribution is -0.141. The summed E-state index contributed by atoms with van der Waals surface area (Å²) in [6.07, 6.45) is 0.987. The van der Waals surface area contributed by atoms with Crippen molar-refractivity contribution in [3.05, 3.63) is 148 Å². The first kappa shape index (κ1) is 31.2. The third-order valence-electron chi connectivity index (χ3n) is 7.23. The highest BCUT2D eigenvalue weighted by Gasteiger charge is 2.23. The van der Waals surface area contributed by atoms with Crippen molar-refractivity contribution in [2.24, 2.45) is 0 Å². The van der Waals surface area contributed by atoms with Crippen LogP contribution in [0.1, 0.15) is 37.6 Å². The largest absolute Gasteiger partial charge is 0.494 e. The maximum Gasteiger partial charge on any atom is 0.328 e. The zero-order chi connectivity index (χ0) is 31.4. The number of para-hydroxylation sites is 2. The summed E-state index contributed by atoms with van der Waals surface area (Å²) in [5.74, 6) is 0.0984. The Morgan fingerprint density at radius 2 is 1.49 bits per heavy atom. The highest BCUT2D eigenvalue weighted by Crippen LogP contribution is 2.23. The Labute approximate surface area is 267 Å². The number of carbonyl (C=O) groups excluding carboxylic acids is 3. The van der Waals surface area contributed by atoms with Crippen LogP contribution >= 0.6 is 11.3 Å². The van der Waals surface area contributed by atoms with E-state index in [-0.39, 0.29) is 11.7 Å². The predicted molar refractivity (Wildman–Crippen MR) is 178 cm³/mol. The van der Waals surface area contributed by atoms with Gasteiger partial charge in [-0.2, -0.15) is 0 Å². The standard InChI is InChI=1S/C37H34N2O5S/c1-43-37(42)33(38-32-17-9-8-16-31(32)35(40)28-12-4-2-5-13-28)26-27-19-21-30(22-20-27)44-24-11-23-39(29-14-6-3-7-15-29)36(41)34-18-10-25-45-34/h2-10,12-22,25,33,38H,11,23-24,26H2,1H3. The van der Waals surface area contributed by atoms with Crippen molar-refractivity contribution in [2.45, 2.75) is 18.9 Å². The van der Waals surface area contributed by atoms with Crippen LogP contribution in [-0.2, 0) is 16.0 Å². The first-order chi connectivity index (χ1) is 22.0. The molecule has 5 rings (SSSR count). The van der Waals surface area contributed by atoms with Crippen molar-refractivity contribution < 1.29 is 23.9 Å². The minimum absolute atomic E-state index is 0.0265. The van der Waals surface area contributed by atoms with E-state index in [9.17, 15) is 14.4 Å². The van der Waals surface area contributed by atoms with Gasteiger partial charge in [0.15, 0.2) is 5.78 Å². The highest BCUT2D eigenvalue weighted by molar-refractivity contribution is 7.12. The number of hydrogen-bond donors (Lipinski definition) is 1. The van der Waals surface area contributed by atoms with Crippen molar-refractivity contribution in [1.82, 2.24) is 0 Å². The molecule has 0 saturated heterocycles. The zero-order valence-electron chi connectivity index (χ0n) is 24.9. The van der Waals surface area contributed by atoms with E-state index in [2.05, 4.69) is 5.32 Å². The number of thiophene rings is 1. The summed E-state index contributed by atoms with van der Waals surface area (Å²) in [7, 11) is 1.35. The number of rotatable bonds is 14. The van der Waals surface area contributed by atoms with Crippen LogP contribution in [0.3, 0.4) is 0 Å². The van der Waals surface area contributed by atoms with E-state index in [0.717, 1.165) is 11.3 Å². The van der Waals surface area contributed by atoms with Gasteiger partial charge in [0, 0.05) is 35.5 Å². The van der Waals surface area contributed by atoms with Gasteiger partial charge < -0.3 is 19.7 Å². The lowest BCUT2D eigenvalue weighted by atomic mass is 10.00. The van der Waals surface area contributed by atoms with Gasteiger partial charge in [-0.25, -0.2) is 4.79 Å². The van der Waals surface area contributed by atoms with Crippen molar-refractivity contribution >= 4 is 40.4 Å². The molecule has 0 spiro atoms. The van der Waals surface area contributed by atoms with Gasteiger partial charge in [0.25, 0.3) is 5.91 Å². The van der Waals surface area contributed by atoms with Gasteiger partial charge in [-0.05, 0) is 59.8 Å². The van der Waals surface area contributed by atoms with Crippen LogP contribution in [0.25, 0.3) is 0 Å². The Morgan fingerprint density at radius 3 is 2.18 bits per heavy atom. The van der Waals surface area contributed by atoms with E-state index in [4.69, 9.17) is 9.47 Å². The highest BCUT2D eigenvalue weighted by atomic mass is 32.1. The molecule has 0 aliphatic heterocycles. The van der Waals surface area contributed by atoms with Gasteiger partial charge in [0.2, 0.25) is 0 Å². The normalized spacial score (nSPS) is 11.3. The van der Waals surface area contributed by atoms with E-state index in [1.807, 2.05) is 96.4 Å². The topological polar surface area (TPSA) is 84.9 Å². The molecule has 45 heavy (non-hydrogen) atoms. The third-order valence-corrected chi connectivity index (χ3v) is 8.08. The Kier molecular flexibility index (Phi) is 10.8. The lowest BCUT2D eigenvalue weighted by Crippen LogP contribution is -2.33. The van der Waals surface area contributed by atoms with Crippen molar-refractivity contribution in [3.63, 3.8) is 0 Å². The molecular formula is C37H34N2O5S. The van der Waals surface area contributed by atoms with Gasteiger partial charge in [0.1, 0.15) is 11.8 Å². The van der Waals surface area contributed by atoms with Crippen LogP contribution in [0.2, 0.25) is 0 Å². The molecule has 7 nitrogen and oxygen atoms in total. The summed E-state index contributed by atoms with van der Waals surface area (Å²) in [6.45, 7) is 0.943. The Morgan fingerprint density at radius 1 is 0.800 bits per heavy atom. The van der Waals surface area contributed by atoms with Crippen LogP contribution in [0.4, 0.5) is 11.4 Å². The number of esters is 1. The minimum atomic E-state index is -0.712. The van der Waals surface area contributed by atoms with Crippen molar-refractivity contribution in [3.8, 4) is 5.75 Å². The SMILES string of the molecule is COC(=O)C(Cc1ccc(OCCCN(C(=O)c2cccs2)c2ccccc2)cc1)Nc1ccccc1C(=O)c1ccccc1. The zero-order valence-corrected chi connectivity index (χ0v) is 25.7. The number of hydrogen-bond acceptors (Lipinski definition) is 7. The maximum absolute atomic E-state index is 13.2. The van der Waals surface area contributed by atoms with Crippen LogP contribution in [-0.4, -0.2) is 44.0 Å². The fourth-order valence-electron chi connectivity index (χ4n) is 4.93. The number of ether oxygens (including phenoxy) is 2. The number of amides is 1. The van der Waals surface area contributed by atoms with E-state index in [0.29, 0.717) is 53.4 Å². The smallest absolute Gasteiger partial charge is 0.328 e. The Bertz CT molecular complexity index is 1690. The molecule has 0 radical (unpaired) electrons. The molecule has 0 saturated carbocycles. The van der Waals surface area contributed by atoms with E-state index < -0.39 is 12.0 Å². The van der Waals surface area contributed by atoms with Crippen molar-refractivity contribution in [1.29, 1.82) is 0 Å². The fraction of sp³-hybridized carbons (Fsp3) is 0.162. The van der Waals surface area contributed by atoms with Crippen LogP contribution in [0.5, 0.6) is 5.75 Å². The molecule has 1 N–H and O–H groups in total. The van der Waals surface area contributed by atoms with Crippen LogP contribution < -0.4 is 15.0 Å². The van der Waals surface area contributed by atoms with E-state index in [1.54, 1.807) is 35.2 Å². The number of anilines is 2. The Hall–Kier alpha value is -5.21. The minimum Gasteiger partial charge on any atom is -0.494 e. The third kappa shape index (κ3) is 8.25. The number of ketones is 1. The molecule has 1 heterocycles. The quantitative estimate of drug-likeness (QED) is 0.0799. The van der Waals surface area contributed by atoms with Gasteiger partial charge >= 0.3 is 5.97 Å². The summed E-state index contributed by atoms with van der Waals surface area (Å²) in [6, 6.07) is 36.4. The molecule has 228 valence electrons. The second-order valence-corrected chi connectivity index (χ2v) is 11.2. The van der Waals surface area contributed by atoms with Crippen LogP contribution in [0.15, 0.2) is 127 Å². The summed E-state index contributed by atoms with van der Waals surface area (Å²) in [4.78, 5) is 41.6. The summed E-state index contributed by atoms with van der Waals surface area (Å²) < 4.78 is 11.1. The number of nitrogens with one attached hydrogen (secondary N) is 1. The predicted octanol–water partition coefficient (Wildman–Crippen LogP) is 7.29. The lowest BCUT2D eigenvalue weighted by Gasteiger charge is -2.22. The van der Waals surface area contributed by atoms with Gasteiger partial charge in [-0.1, -0.05) is 78.9 Å². The van der Waals surface area contributed by atoms with Gasteiger partial charge in [-0.3, -0.25) is 9.59 Å². The molecule has 5 aromatic rings. The van der Waals surface area contributed by atoms with Crippen molar-refractivity contribution in [2.75, 3.05) is 30.5 Å². The second-order valence-electron chi connectivity index (χ2n) is 10.3. The maximum atomic E-state index is 13.2. The average Bonchev–Trinajstić information content (AvgIpc) is 3.64. The average molecular weight is 619 g/mol. The Balaban J connectivity index is 1.19. The second kappa shape index (κ2) is 15.5. The van der Waals surface area contributed by atoms with E-state index in [1.165, 1.54) is 18.4 Å². The molecule has 1 aromatic heterocycles. The molecule has 1 unspecified atom stereocenters. The summed E-state index contributed by atoms with van der Waals surface area (Å²) >= 11 is 1.43. The number of benzene rings is 4. The molecule has 0 aliphatic rings. The number of carbonyl (C=O) groups is 3. The van der Waals surface area contributed by atoms with Crippen LogP contribution in [0, 0.1) is 0 Å². The fourth-order valence-corrected chi connectivity index (χ4v) is 5.61. The molecule has 0 bridgehead atoms. The molecular weight excluding hydrogens is 584 g/mol. The summed E-state index contributed by atoms with van der Waals surface area (Å²) in [5.41, 5.74) is 3.35. The molecule has 4 aromatic carbocycles. The van der Waals surface area contributed by atoms with E-state index >= 15 is 0 Å². The monoisotopic (exact) mass is 618 g/mol. The molecule has 1 amide bonds. The number of nitrogens with zero attached hydrogens (tertiary/aromatic N) is 1. The summed E-state index contributed by atoms with van der Waals surface area (Å²) in [5, 5.41) is 5.14. The van der Waals surface area contributed by atoms with Gasteiger partial charge in [0.05, 0.1) is 18.6 Å². The molecule has 1 atom stereocenters. The molecule has 8 heteroatoms.